The van der Waals surface area contributed by atoms with Crippen LogP contribution >= 0.6 is 0 Å². The molecule has 0 saturated heterocycles. The van der Waals surface area contributed by atoms with Crippen LogP contribution in [0.3, 0.4) is 0 Å². The number of hydrogen-bond donors (Lipinski definition) is 1. The van der Waals surface area contributed by atoms with E-state index in [1.54, 1.807) is 68.6 Å². The molecular formula is C19H21N3O4S. The van der Waals surface area contributed by atoms with Gasteiger partial charge < -0.3 is 14.5 Å². The number of fused-ring (bicyclic) bond motifs is 1. The van der Waals surface area contributed by atoms with Gasteiger partial charge in [0.2, 0.25) is 0 Å². The molecule has 0 unspecified atom stereocenters. The third-order valence-electron chi connectivity index (χ3n) is 4.11. The van der Waals surface area contributed by atoms with Gasteiger partial charge in [-0.2, -0.15) is 0 Å². The maximum Gasteiger partial charge on any atom is 0.414 e. The lowest BCUT2D eigenvalue weighted by Gasteiger charge is -2.27. The molecule has 1 aliphatic rings. The molecular weight excluding hydrogens is 366 g/mol. The second-order valence-corrected chi connectivity index (χ2v) is 8.11. The monoisotopic (exact) mass is 387 g/mol. The summed E-state index contributed by atoms with van der Waals surface area (Å²) < 4.78 is 33.7. The first-order valence-electron chi connectivity index (χ1n) is 8.30. The van der Waals surface area contributed by atoms with Gasteiger partial charge in [-0.1, -0.05) is 24.3 Å². The molecule has 2 aromatic rings. The number of hydrogen-bond acceptors (Lipinski definition) is 5. The number of para-hydroxylation sites is 1. The number of allylic oxidation sites excluding steroid dienone is 1. The molecule has 0 radical (unpaired) electrons. The SMILES string of the molecule is CN(C)C(=O)Oc1cccc2c1CC(S(=O)(=O)Nc1ccccc1)=CN2C. The average molecular weight is 387 g/mol. The van der Waals surface area contributed by atoms with E-state index < -0.39 is 16.1 Å². The highest BCUT2D eigenvalue weighted by Crippen LogP contribution is 2.36. The van der Waals surface area contributed by atoms with Crippen molar-refractivity contribution in [1.29, 1.82) is 0 Å². The van der Waals surface area contributed by atoms with E-state index in [1.807, 2.05) is 12.1 Å². The summed E-state index contributed by atoms with van der Waals surface area (Å²) in [5.41, 5.74) is 1.92. The molecule has 0 fully saturated rings. The molecule has 7 nitrogen and oxygen atoms in total. The number of benzene rings is 2. The minimum atomic E-state index is -3.76. The summed E-state index contributed by atoms with van der Waals surface area (Å²) >= 11 is 0. The summed E-state index contributed by atoms with van der Waals surface area (Å²) in [6, 6.07) is 14.0. The number of amides is 1. The summed E-state index contributed by atoms with van der Waals surface area (Å²) in [6.07, 6.45) is 1.18. The zero-order chi connectivity index (χ0) is 19.6. The largest absolute Gasteiger partial charge is 0.414 e. The van der Waals surface area contributed by atoms with Gasteiger partial charge in [-0.15, -0.1) is 0 Å². The molecule has 0 bridgehead atoms. The summed E-state index contributed by atoms with van der Waals surface area (Å²) in [4.78, 5) is 15.2. The van der Waals surface area contributed by atoms with Gasteiger partial charge in [0, 0.05) is 50.7 Å². The highest BCUT2D eigenvalue weighted by Gasteiger charge is 2.27. The first-order valence-corrected chi connectivity index (χ1v) is 9.78. The first-order chi connectivity index (χ1) is 12.8. The second kappa shape index (κ2) is 7.32. The lowest BCUT2D eigenvalue weighted by molar-refractivity contribution is 0.171. The Morgan fingerprint density at radius 3 is 2.48 bits per heavy atom. The first kappa shape index (κ1) is 18.8. The van der Waals surface area contributed by atoms with Crippen LogP contribution in [0.2, 0.25) is 0 Å². The van der Waals surface area contributed by atoms with Crippen LogP contribution in [-0.2, 0) is 16.4 Å². The third kappa shape index (κ3) is 4.06. The number of nitrogens with one attached hydrogen (secondary N) is 1. The predicted molar refractivity (Wildman–Crippen MR) is 105 cm³/mol. The van der Waals surface area contributed by atoms with E-state index in [1.165, 1.54) is 4.90 Å². The third-order valence-corrected chi connectivity index (χ3v) is 5.56. The van der Waals surface area contributed by atoms with Gasteiger partial charge in [0.25, 0.3) is 10.0 Å². The molecule has 0 saturated carbocycles. The van der Waals surface area contributed by atoms with Crippen molar-refractivity contribution in [2.45, 2.75) is 6.42 Å². The van der Waals surface area contributed by atoms with Crippen molar-refractivity contribution < 1.29 is 17.9 Å². The van der Waals surface area contributed by atoms with E-state index in [0.29, 0.717) is 17.0 Å². The highest BCUT2D eigenvalue weighted by atomic mass is 32.2. The van der Waals surface area contributed by atoms with Crippen molar-refractivity contribution in [3.63, 3.8) is 0 Å². The van der Waals surface area contributed by atoms with Gasteiger partial charge >= 0.3 is 6.09 Å². The summed E-state index contributed by atoms with van der Waals surface area (Å²) in [5, 5.41) is 0. The number of carbonyl (C=O) groups is 1. The zero-order valence-corrected chi connectivity index (χ0v) is 16.2. The Hall–Kier alpha value is -3.00. The molecule has 27 heavy (non-hydrogen) atoms. The van der Waals surface area contributed by atoms with Crippen molar-refractivity contribution >= 4 is 27.5 Å². The Morgan fingerprint density at radius 2 is 1.81 bits per heavy atom. The maximum absolute atomic E-state index is 12.8. The van der Waals surface area contributed by atoms with Gasteiger partial charge in [0.15, 0.2) is 0 Å². The van der Waals surface area contributed by atoms with Crippen LogP contribution in [0.15, 0.2) is 59.6 Å². The van der Waals surface area contributed by atoms with Crippen LogP contribution < -0.4 is 14.4 Å². The summed E-state index contributed by atoms with van der Waals surface area (Å²) in [5.74, 6) is 0.346. The van der Waals surface area contributed by atoms with Crippen LogP contribution in [0, 0.1) is 0 Å². The minimum Gasteiger partial charge on any atom is -0.410 e. The normalized spacial score (nSPS) is 13.4. The number of rotatable bonds is 4. The van der Waals surface area contributed by atoms with E-state index in [-0.39, 0.29) is 11.3 Å². The fourth-order valence-corrected chi connectivity index (χ4v) is 3.95. The Labute approximate surface area is 158 Å². The molecule has 3 rings (SSSR count). The topological polar surface area (TPSA) is 78.9 Å². The molecule has 142 valence electrons. The van der Waals surface area contributed by atoms with Gasteiger partial charge in [0.05, 0.1) is 4.91 Å². The van der Waals surface area contributed by atoms with Gasteiger partial charge in [-0.05, 0) is 24.3 Å². The maximum atomic E-state index is 12.8. The fraction of sp³-hybridized carbons (Fsp3) is 0.211. The van der Waals surface area contributed by atoms with Crippen molar-refractivity contribution in [1.82, 2.24) is 4.90 Å². The standard InChI is InChI=1S/C19H21N3O4S/c1-21(2)19(23)26-18-11-7-10-17-16(18)12-15(13-22(17)3)27(24,25)20-14-8-5-4-6-9-14/h4-11,13,20H,12H2,1-3H3. The minimum absolute atomic E-state index is 0.124. The van der Waals surface area contributed by atoms with E-state index in [0.717, 1.165) is 5.69 Å². The Bertz CT molecular complexity index is 985. The molecule has 1 heterocycles. The molecule has 0 aliphatic carbocycles. The number of carbonyl (C=O) groups excluding carboxylic acids is 1. The Balaban J connectivity index is 1.92. The van der Waals surface area contributed by atoms with Crippen molar-refractivity contribution in [3.8, 4) is 5.75 Å². The van der Waals surface area contributed by atoms with E-state index in [9.17, 15) is 13.2 Å². The molecule has 1 aliphatic heterocycles. The average Bonchev–Trinajstić information content (AvgIpc) is 2.62. The lowest BCUT2D eigenvalue weighted by Crippen LogP contribution is -2.28. The highest BCUT2D eigenvalue weighted by molar-refractivity contribution is 7.96. The number of nitrogens with zero attached hydrogens (tertiary/aromatic N) is 2. The molecule has 0 atom stereocenters. The van der Waals surface area contributed by atoms with Crippen LogP contribution in [0.25, 0.3) is 0 Å². The molecule has 0 spiro atoms. The van der Waals surface area contributed by atoms with Crippen molar-refractivity contribution in [2.75, 3.05) is 30.8 Å². The smallest absolute Gasteiger partial charge is 0.410 e. The second-order valence-electron chi connectivity index (χ2n) is 6.37. The predicted octanol–water partition coefficient (Wildman–Crippen LogP) is 3.02. The zero-order valence-electron chi connectivity index (χ0n) is 15.3. The number of ether oxygens (including phenoxy) is 1. The molecule has 1 N–H and O–H groups in total. The van der Waals surface area contributed by atoms with E-state index >= 15 is 0 Å². The van der Waals surface area contributed by atoms with E-state index in [4.69, 9.17) is 4.74 Å². The van der Waals surface area contributed by atoms with Gasteiger partial charge in [-0.3, -0.25) is 4.72 Å². The molecule has 2 aromatic carbocycles. The number of anilines is 2. The number of sulfonamides is 1. The van der Waals surface area contributed by atoms with E-state index in [2.05, 4.69) is 4.72 Å². The summed E-state index contributed by atoms with van der Waals surface area (Å²) in [7, 11) is 1.18. The fourth-order valence-electron chi connectivity index (χ4n) is 2.74. The lowest BCUT2D eigenvalue weighted by atomic mass is 10.0. The van der Waals surface area contributed by atoms with Crippen LogP contribution in [0.4, 0.5) is 16.2 Å². The molecule has 8 heteroatoms. The van der Waals surface area contributed by atoms with Crippen molar-refractivity contribution in [2.24, 2.45) is 0 Å². The summed E-state index contributed by atoms with van der Waals surface area (Å²) in [6.45, 7) is 0. The molecule has 1 amide bonds. The Morgan fingerprint density at radius 1 is 1.11 bits per heavy atom. The molecule has 0 aromatic heterocycles. The van der Waals surface area contributed by atoms with Gasteiger partial charge in [0.1, 0.15) is 5.75 Å². The van der Waals surface area contributed by atoms with Gasteiger partial charge in [-0.25, -0.2) is 13.2 Å². The van der Waals surface area contributed by atoms with Crippen molar-refractivity contribution in [3.05, 3.63) is 65.2 Å². The quantitative estimate of drug-likeness (QED) is 0.872. The van der Waals surface area contributed by atoms with Crippen LogP contribution in [0.1, 0.15) is 5.56 Å². The van der Waals surface area contributed by atoms with Crippen LogP contribution in [-0.4, -0.2) is 40.6 Å². The van der Waals surface area contributed by atoms with Crippen LogP contribution in [0.5, 0.6) is 5.75 Å². The Kier molecular flexibility index (Phi) is 5.09.